The van der Waals surface area contributed by atoms with Gasteiger partial charge in [0.2, 0.25) is 17.7 Å². The Hall–Kier alpha value is -2.55. The van der Waals surface area contributed by atoms with Crippen molar-refractivity contribution in [3.63, 3.8) is 0 Å². The van der Waals surface area contributed by atoms with Crippen LogP contribution in [-0.4, -0.2) is 54.5 Å². The molecule has 0 rings (SSSR count). The SMILES string of the molecule is CC(=O)/C=C\C(=O)NC(CCCCN)C(=O)NC(C)C(=O)NCCCC(C)=O. The van der Waals surface area contributed by atoms with Gasteiger partial charge in [-0.3, -0.25) is 19.2 Å². The topological polar surface area (TPSA) is 147 Å². The van der Waals surface area contributed by atoms with E-state index in [2.05, 4.69) is 16.0 Å². The normalized spacial score (nSPS) is 12.9. The van der Waals surface area contributed by atoms with E-state index < -0.39 is 23.9 Å². The van der Waals surface area contributed by atoms with Crippen molar-refractivity contribution in [3.8, 4) is 0 Å². The molecule has 158 valence electrons. The molecular formula is C19H32N4O5. The van der Waals surface area contributed by atoms with E-state index in [1.54, 1.807) is 0 Å². The lowest BCUT2D eigenvalue weighted by molar-refractivity contribution is -0.131. The van der Waals surface area contributed by atoms with Crippen molar-refractivity contribution in [2.24, 2.45) is 5.73 Å². The molecule has 0 spiro atoms. The van der Waals surface area contributed by atoms with Crippen molar-refractivity contribution in [3.05, 3.63) is 12.2 Å². The van der Waals surface area contributed by atoms with Crippen LogP contribution in [0.25, 0.3) is 0 Å². The summed E-state index contributed by atoms with van der Waals surface area (Å²) in [5.74, 6) is -1.67. The highest BCUT2D eigenvalue weighted by Crippen LogP contribution is 2.02. The van der Waals surface area contributed by atoms with Crippen LogP contribution in [0.3, 0.4) is 0 Å². The number of ketones is 2. The lowest BCUT2D eigenvalue weighted by atomic mass is 10.1. The Morgan fingerprint density at radius 1 is 0.929 bits per heavy atom. The summed E-state index contributed by atoms with van der Waals surface area (Å²) in [6.07, 6.45) is 4.76. The van der Waals surface area contributed by atoms with Gasteiger partial charge in [0.25, 0.3) is 0 Å². The first kappa shape index (κ1) is 25.4. The number of hydrogen-bond acceptors (Lipinski definition) is 6. The summed E-state index contributed by atoms with van der Waals surface area (Å²) in [7, 11) is 0. The molecule has 2 atom stereocenters. The van der Waals surface area contributed by atoms with Crippen molar-refractivity contribution in [1.29, 1.82) is 0 Å². The quantitative estimate of drug-likeness (QED) is 0.235. The second kappa shape index (κ2) is 14.5. The van der Waals surface area contributed by atoms with Crippen molar-refractivity contribution in [2.45, 2.75) is 65.0 Å². The van der Waals surface area contributed by atoms with Gasteiger partial charge in [0.15, 0.2) is 5.78 Å². The molecule has 3 amide bonds. The predicted molar refractivity (Wildman–Crippen MR) is 105 cm³/mol. The van der Waals surface area contributed by atoms with Crippen LogP contribution in [0.4, 0.5) is 0 Å². The van der Waals surface area contributed by atoms with E-state index in [0.717, 1.165) is 12.2 Å². The molecular weight excluding hydrogens is 364 g/mol. The number of rotatable bonds is 14. The highest BCUT2D eigenvalue weighted by atomic mass is 16.2. The summed E-state index contributed by atoms with van der Waals surface area (Å²) in [6, 6.07) is -1.64. The van der Waals surface area contributed by atoms with Crippen LogP contribution in [0.2, 0.25) is 0 Å². The maximum atomic E-state index is 12.5. The van der Waals surface area contributed by atoms with Crippen LogP contribution in [-0.2, 0) is 24.0 Å². The Morgan fingerprint density at radius 2 is 1.61 bits per heavy atom. The zero-order chi connectivity index (χ0) is 21.5. The number of allylic oxidation sites excluding steroid dienone is 1. The van der Waals surface area contributed by atoms with E-state index in [9.17, 15) is 24.0 Å². The fraction of sp³-hybridized carbons (Fsp3) is 0.632. The molecule has 0 aromatic rings. The third-order valence-electron chi connectivity index (χ3n) is 3.81. The molecule has 0 aliphatic rings. The molecule has 0 heterocycles. The summed E-state index contributed by atoms with van der Waals surface area (Å²) < 4.78 is 0. The first-order valence-electron chi connectivity index (χ1n) is 9.44. The second-order valence-electron chi connectivity index (χ2n) is 6.62. The Balaban J connectivity index is 4.69. The summed E-state index contributed by atoms with van der Waals surface area (Å²) in [5.41, 5.74) is 5.46. The number of nitrogens with one attached hydrogen (secondary N) is 3. The van der Waals surface area contributed by atoms with E-state index in [0.29, 0.717) is 45.2 Å². The number of Topliss-reactive ketones (excluding diaryl/α,β-unsaturated/α-hetero) is 1. The summed E-state index contributed by atoms with van der Waals surface area (Å²) in [6.45, 7) is 5.13. The van der Waals surface area contributed by atoms with Gasteiger partial charge in [0, 0.05) is 19.0 Å². The predicted octanol–water partition coefficient (Wildman–Crippen LogP) is -0.264. The third-order valence-corrected chi connectivity index (χ3v) is 3.81. The average Bonchev–Trinajstić information content (AvgIpc) is 2.62. The number of amides is 3. The van der Waals surface area contributed by atoms with E-state index in [1.807, 2.05) is 0 Å². The molecule has 0 bridgehead atoms. The van der Waals surface area contributed by atoms with Gasteiger partial charge in [-0.15, -0.1) is 0 Å². The minimum atomic E-state index is -0.844. The molecule has 0 radical (unpaired) electrons. The van der Waals surface area contributed by atoms with Gasteiger partial charge < -0.3 is 26.5 Å². The van der Waals surface area contributed by atoms with Crippen LogP contribution < -0.4 is 21.7 Å². The van der Waals surface area contributed by atoms with Crippen molar-refractivity contribution < 1.29 is 24.0 Å². The van der Waals surface area contributed by atoms with Gasteiger partial charge >= 0.3 is 0 Å². The Morgan fingerprint density at radius 3 is 2.18 bits per heavy atom. The summed E-state index contributed by atoms with van der Waals surface area (Å²) >= 11 is 0. The Labute approximate surface area is 165 Å². The molecule has 0 saturated heterocycles. The van der Waals surface area contributed by atoms with Crippen LogP contribution in [0.1, 0.15) is 52.9 Å². The molecule has 9 heteroatoms. The zero-order valence-corrected chi connectivity index (χ0v) is 16.9. The summed E-state index contributed by atoms with van der Waals surface area (Å²) in [5, 5.41) is 7.76. The first-order valence-corrected chi connectivity index (χ1v) is 9.44. The van der Waals surface area contributed by atoms with E-state index in [1.165, 1.54) is 20.8 Å². The molecule has 0 fully saturated rings. The number of unbranched alkanes of at least 4 members (excludes halogenated alkanes) is 1. The van der Waals surface area contributed by atoms with E-state index >= 15 is 0 Å². The summed E-state index contributed by atoms with van der Waals surface area (Å²) in [4.78, 5) is 58.2. The minimum Gasteiger partial charge on any atom is -0.354 e. The minimum absolute atomic E-state index is 0.0467. The lowest BCUT2D eigenvalue weighted by Gasteiger charge is -2.20. The number of nitrogens with two attached hydrogens (primary N) is 1. The molecule has 0 saturated carbocycles. The van der Waals surface area contributed by atoms with Crippen molar-refractivity contribution in [2.75, 3.05) is 13.1 Å². The van der Waals surface area contributed by atoms with Gasteiger partial charge in [0.1, 0.15) is 17.9 Å². The molecule has 0 aromatic carbocycles. The maximum absolute atomic E-state index is 12.5. The lowest BCUT2D eigenvalue weighted by Crippen LogP contribution is -2.52. The van der Waals surface area contributed by atoms with Gasteiger partial charge in [0.05, 0.1) is 0 Å². The molecule has 28 heavy (non-hydrogen) atoms. The van der Waals surface area contributed by atoms with E-state index in [4.69, 9.17) is 5.73 Å². The fourth-order valence-electron chi connectivity index (χ4n) is 2.26. The second-order valence-corrected chi connectivity index (χ2v) is 6.62. The Kier molecular flexibility index (Phi) is 13.2. The molecule has 5 N–H and O–H groups in total. The molecule has 0 aliphatic heterocycles. The van der Waals surface area contributed by atoms with Crippen LogP contribution in [0.5, 0.6) is 0 Å². The van der Waals surface area contributed by atoms with Gasteiger partial charge in [-0.05, 0) is 59.1 Å². The van der Waals surface area contributed by atoms with Crippen LogP contribution >= 0.6 is 0 Å². The van der Waals surface area contributed by atoms with Crippen molar-refractivity contribution in [1.82, 2.24) is 16.0 Å². The monoisotopic (exact) mass is 396 g/mol. The molecule has 9 nitrogen and oxygen atoms in total. The molecule has 0 aromatic heterocycles. The zero-order valence-electron chi connectivity index (χ0n) is 16.9. The van der Waals surface area contributed by atoms with Crippen LogP contribution in [0, 0.1) is 0 Å². The van der Waals surface area contributed by atoms with E-state index in [-0.39, 0.29) is 17.5 Å². The molecule has 2 unspecified atom stereocenters. The fourth-order valence-corrected chi connectivity index (χ4v) is 2.26. The highest BCUT2D eigenvalue weighted by Gasteiger charge is 2.23. The van der Waals surface area contributed by atoms with Gasteiger partial charge in [-0.1, -0.05) is 0 Å². The Bertz CT molecular complexity index is 589. The smallest absolute Gasteiger partial charge is 0.244 e. The average molecular weight is 396 g/mol. The largest absolute Gasteiger partial charge is 0.354 e. The van der Waals surface area contributed by atoms with Crippen LogP contribution in [0.15, 0.2) is 12.2 Å². The van der Waals surface area contributed by atoms with Gasteiger partial charge in [-0.25, -0.2) is 0 Å². The van der Waals surface area contributed by atoms with Crippen molar-refractivity contribution >= 4 is 29.3 Å². The number of carbonyl (C=O) groups excluding carboxylic acids is 5. The maximum Gasteiger partial charge on any atom is 0.244 e. The number of hydrogen-bond donors (Lipinski definition) is 4. The van der Waals surface area contributed by atoms with Gasteiger partial charge in [-0.2, -0.15) is 0 Å². The first-order chi connectivity index (χ1) is 13.2. The number of carbonyl (C=O) groups is 5. The standard InChI is InChI=1S/C19H32N4O5/c1-13(24)7-6-12-21-18(27)15(3)22-19(28)16(8-4-5-11-20)23-17(26)10-9-14(2)25/h9-10,15-16H,4-8,11-12,20H2,1-3H3,(H,21,27)(H,22,28)(H,23,26)/b10-9-. The molecule has 0 aliphatic carbocycles. The third kappa shape index (κ3) is 12.7. The highest BCUT2D eigenvalue weighted by molar-refractivity contribution is 5.99.